The van der Waals surface area contributed by atoms with E-state index in [-0.39, 0.29) is 10.9 Å². The average molecular weight is 421 g/mol. The van der Waals surface area contributed by atoms with Crippen LogP contribution in [0.25, 0.3) is 0 Å². The smallest absolute Gasteiger partial charge is 0.167 e. The molecule has 3 rings (SSSR count). The number of hydrogen-bond acceptors (Lipinski definition) is 5. The minimum atomic E-state index is -4.94. The van der Waals surface area contributed by atoms with Gasteiger partial charge in [-0.3, -0.25) is 0 Å². The summed E-state index contributed by atoms with van der Waals surface area (Å²) in [5.74, 6) is 0.985. The molecule has 0 saturated carbocycles. The second-order valence-electron chi connectivity index (χ2n) is 5.90. The van der Waals surface area contributed by atoms with Crippen molar-refractivity contribution in [3.05, 3.63) is 83.9 Å². The van der Waals surface area contributed by atoms with E-state index in [0.717, 1.165) is 5.75 Å². The van der Waals surface area contributed by atoms with E-state index in [0.29, 0.717) is 0 Å². The maximum absolute atomic E-state index is 8.49. The van der Waals surface area contributed by atoms with Crippen LogP contribution < -0.4 is 23.4 Å². The molecule has 0 saturated heterocycles. The minimum Gasteiger partial charge on any atom is -0.496 e. The highest BCUT2D eigenvalue weighted by Crippen LogP contribution is 2.35. The van der Waals surface area contributed by atoms with E-state index in [1.54, 1.807) is 7.11 Å². The number of aryl methyl sites for hydroxylation is 2. The van der Waals surface area contributed by atoms with Crippen LogP contribution in [0.5, 0.6) is 5.75 Å². The number of benzene rings is 3. The Balaban J connectivity index is 0.000000500. The van der Waals surface area contributed by atoms with Crippen molar-refractivity contribution < 1.29 is 33.6 Å². The zero-order chi connectivity index (χ0) is 20.7. The highest BCUT2D eigenvalue weighted by atomic mass is 35.7. The van der Waals surface area contributed by atoms with Crippen LogP contribution in [-0.4, -0.2) is 7.11 Å². The topological polar surface area (TPSA) is 101 Å². The van der Waals surface area contributed by atoms with Gasteiger partial charge in [0.05, 0.1) is 18.0 Å². The number of halogens is 1. The summed E-state index contributed by atoms with van der Waals surface area (Å²) in [5.41, 5.74) is 2.37. The van der Waals surface area contributed by atoms with Crippen LogP contribution in [-0.2, 0) is 10.9 Å². The van der Waals surface area contributed by atoms with Gasteiger partial charge in [-0.15, -0.1) is 10.2 Å². The third-order valence-corrected chi connectivity index (χ3v) is 6.03. The van der Waals surface area contributed by atoms with Gasteiger partial charge in [0.15, 0.2) is 14.7 Å². The Morgan fingerprint density at radius 2 is 1.04 bits per heavy atom. The lowest BCUT2D eigenvalue weighted by Crippen LogP contribution is -2.68. The van der Waals surface area contributed by atoms with E-state index in [1.807, 2.05) is 0 Å². The summed E-state index contributed by atoms with van der Waals surface area (Å²) in [6.45, 7) is 4.24. The first-order valence-electron chi connectivity index (χ1n) is 8.32. The zero-order valence-corrected chi connectivity index (χ0v) is 17.3. The number of rotatable bonds is 4. The third kappa shape index (κ3) is 6.53. The molecule has 0 atom stereocenters. The molecule has 0 bridgehead atoms. The summed E-state index contributed by atoms with van der Waals surface area (Å²) in [5, 5.41) is 0. The summed E-state index contributed by atoms with van der Waals surface area (Å²) in [6.07, 6.45) is 0. The first-order valence-corrected chi connectivity index (χ1v) is 10.8. The standard InChI is InChI=1S/C21H21OS.ClHO4/c1-16-14-20(15-17(2)21(16)22-3)23(18-10-6-4-7-11-18)19-12-8-5-9-13-19;2-1(3,4)5/h4-15H,1-3H3;(H,2,3,4,5)/q+1;/p-1. The summed E-state index contributed by atoms with van der Waals surface area (Å²) in [6, 6.07) is 26.0. The molecule has 0 radical (unpaired) electrons. The predicted molar refractivity (Wildman–Crippen MR) is 97.5 cm³/mol. The Bertz CT molecular complexity index is 814. The van der Waals surface area contributed by atoms with Gasteiger partial charge in [-0.25, -0.2) is 18.6 Å². The van der Waals surface area contributed by atoms with Crippen LogP contribution in [0, 0.1) is 24.1 Å². The van der Waals surface area contributed by atoms with Crippen molar-refractivity contribution in [2.24, 2.45) is 0 Å². The molecular formula is C21H21ClO5S. The Morgan fingerprint density at radius 3 is 1.36 bits per heavy atom. The van der Waals surface area contributed by atoms with E-state index in [2.05, 4.69) is 86.6 Å². The van der Waals surface area contributed by atoms with E-state index in [4.69, 9.17) is 23.4 Å². The molecule has 148 valence electrons. The quantitative estimate of drug-likeness (QED) is 0.577. The first kappa shape index (κ1) is 22.2. The zero-order valence-electron chi connectivity index (χ0n) is 15.8. The molecule has 0 fully saturated rings. The van der Waals surface area contributed by atoms with Crippen molar-refractivity contribution in [2.45, 2.75) is 28.5 Å². The van der Waals surface area contributed by atoms with Crippen molar-refractivity contribution in [2.75, 3.05) is 7.11 Å². The molecular weight excluding hydrogens is 400 g/mol. The minimum absolute atomic E-state index is 0.101. The Labute approximate surface area is 169 Å². The van der Waals surface area contributed by atoms with Crippen molar-refractivity contribution in [1.29, 1.82) is 0 Å². The van der Waals surface area contributed by atoms with E-state index >= 15 is 0 Å². The Hall–Kier alpha value is -2.06. The molecule has 0 amide bonds. The van der Waals surface area contributed by atoms with Gasteiger partial charge in [0.25, 0.3) is 0 Å². The molecule has 0 unspecified atom stereocenters. The van der Waals surface area contributed by atoms with Gasteiger partial charge < -0.3 is 4.74 Å². The SMILES string of the molecule is COc1c(C)cc([S+](c2ccccc2)c2ccccc2)cc1C.[O-][Cl+3]([O-])([O-])[O-]. The van der Waals surface area contributed by atoms with Gasteiger partial charge in [-0.2, -0.15) is 0 Å². The van der Waals surface area contributed by atoms with Gasteiger partial charge in [-0.1, -0.05) is 36.4 Å². The lowest BCUT2D eigenvalue weighted by atomic mass is 10.1. The Kier molecular flexibility index (Phi) is 7.88. The largest absolute Gasteiger partial charge is 0.496 e. The van der Waals surface area contributed by atoms with Crippen LogP contribution >= 0.6 is 0 Å². The molecule has 3 aromatic carbocycles. The van der Waals surface area contributed by atoms with Crippen LogP contribution in [0.4, 0.5) is 0 Å². The summed E-state index contributed by atoms with van der Waals surface area (Å²) in [4.78, 5) is 4.00. The molecule has 7 heteroatoms. The molecule has 0 spiro atoms. The predicted octanol–water partition coefficient (Wildman–Crippen LogP) is 0.651. The Morgan fingerprint density at radius 1 is 0.679 bits per heavy atom. The van der Waals surface area contributed by atoms with Crippen LogP contribution in [0.2, 0.25) is 0 Å². The monoisotopic (exact) mass is 420 g/mol. The van der Waals surface area contributed by atoms with E-state index < -0.39 is 10.2 Å². The average Bonchev–Trinajstić information content (AvgIpc) is 2.62. The summed E-state index contributed by atoms with van der Waals surface area (Å²) in [7, 11) is -3.31. The molecule has 5 nitrogen and oxygen atoms in total. The highest BCUT2D eigenvalue weighted by Gasteiger charge is 2.29. The highest BCUT2D eigenvalue weighted by molar-refractivity contribution is 7.97. The van der Waals surface area contributed by atoms with E-state index in [1.165, 1.54) is 25.8 Å². The number of hydrogen-bond donors (Lipinski definition) is 0. The summed E-state index contributed by atoms with van der Waals surface area (Å²) >= 11 is 0. The first-order chi connectivity index (χ1) is 13.2. The lowest BCUT2D eigenvalue weighted by molar-refractivity contribution is -2.00. The van der Waals surface area contributed by atoms with Gasteiger partial charge >= 0.3 is 0 Å². The van der Waals surface area contributed by atoms with Crippen LogP contribution in [0.15, 0.2) is 87.5 Å². The van der Waals surface area contributed by atoms with Crippen molar-refractivity contribution in [3.63, 3.8) is 0 Å². The fourth-order valence-electron chi connectivity index (χ4n) is 2.87. The second-order valence-corrected chi connectivity index (χ2v) is 8.68. The molecule has 0 N–H and O–H groups in total. The van der Waals surface area contributed by atoms with Crippen LogP contribution in [0.3, 0.4) is 0 Å². The van der Waals surface area contributed by atoms with Gasteiger partial charge in [0, 0.05) is 12.1 Å². The second kappa shape index (κ2) is 9.93. The third-order valence-electron chi connectivity index (χ3n) is 3.83. The summed E-state index contributed by atoms with van der Waals surface area (Å²) < 4.78 is 39.5. The van der Waals surface area contributed by atoms with Gasteiger partial charge in [-0.05, 0) is 49.2 Å². The van der Waals surface area contributed by atoms with Crippen LogP contribution in [0.1, 0.15) is 11.1 Å². The van der Waals surface area contributed by atoms with Gasteiger partial charge in [0.1, 0.15) is 5.75 Å². The fourth-order valence-corrected chi connectivity index (χ4v) is 5.14. The molecule has 0 aromatic heterocycles. The molecule has 3 aromatic rings. The molecule has 0 aliphatic rings. The normalized spacial score (nSPS) is 11.0. The van der Waals surface area contributed by atoms with Crippen molar-refractivity contribution in [3.8, 4) is 5.75 Å². The fraction of sp³-hybridized carbons (Fsp3) is 0.143. The van der Waals surface area contributed by atoms with Crippen molar-refractivity contribution in [1.82, 2.24) is 0 Å². The van der Waals surface area contributed by atoms with E-state index in [9.17, 15) is 0 Å². The molecule has 0 aliphatic heterocycles. The maximum Gasteiger partial charge on any atom is 0.167 e. The number of methoxy groups -OCH3 is 1. The van der Waals surface area contributed by atoms with Crippen molar-refractivity contribution >= 4 is 10.9 Å². The number of ether oxygens (including phenoxy) is 1. The molecule has 0 heterocycles. The molecule has 28 heavy (non-hydrogen) atoms. The maximum atomic E-state index is 8.49. The molecule has 0 aliphatic carbocycles. The lowest BCUT2D eigenvalue weighted by Gasteiger charge is -2.17. The van der Waals surface area contributed by atoms with Gasteiger partial charge in [0.2, 0.25) is 0 Å².